The fraction of sp³-hybridized carbons (Fsp3) is 0.278. The SMILES string of the molecule is CNC(=O)c1ccn2c(-c3cccc(NC4CNCC4F)n3)cnc2c1. The van der Waals surface area contributed by atoms with E-state index in [1.54, 1.807) is 31.6 Å². The minimum Gasteiger partial charge on any atom is -0.363 e. The molecule has 1 aliphatic heterocycles. The largest absolute Gasteiger partial charge is 0.363 e. The number of amides is 1. The number of nitrogens with zero attached hydrogens (tertiary/aromatic N) is 3. The maximum atomic E-state index is 13.8. The maximum absolute atomic E-state index is 13.8. The number of carbonyl (C=O) groups excluding carboxylic acids is 1. The van der Waals surface area contributed by atoms with Crippen LogP contribution in [-0.2, 0) is 0 Å². The van der Waals surface area contributed by atoms with Gasteiger partial charge in [0.2, 0.25) is 0 Å². The van der Waals surface area contributed by atoms with Crippen LogP contribution in [0, 0.1) is 0 Å². The summed E-state index contributed by atoms with van der Waals surface area (Å²) < 4.78 is 15.7. The Bertz CT molecular complexity index is 956. The Morgan fingerprint density at radius 1 is 1.35 bits per heavy atom. The summed E-state index contributed by atoms with van der Waals surface area (Å²) >= 11 is 0. The molecule has 0 aromatic carbocycles. The van der Waals surface area contributed by atoms with E-state index in [-0.39, 0.29) is 11.9 Å². The van der Waals surface area contributed by atoms with Crippen LogP contribution in [0.3, 0.4) is 0 Å². The van der Waals surface area contributed by atoms with Crippen molar-refractivity contribution in [1.82, 2.24) is 25.0 Å². The molecule has 134 valence electrons. The van der Waals surface area contributed by atoms with Crippen LogP contribution in [0.25, 0.3) is 17.0 Å². The zero-order chi connectivity index (χ0) is 18.1. The van der Waals surface area contributed by atoms with Crippen molar-refractivity contribution in [2.24, 2.45) is 0 Å². The smallest absolute Gasteiger partial charge is 0.251 e. The molecule has 8 heteroatoms. The van der Waals surface area contributed by atoms with Gasteiger partial charge in [0.1, 0.15) is 17.6 Å². The molecule has 3 aromatic rings. The van der Waals surface area contributed by atoms with Gasteiger partial charge in [-0.3, -0.25) is 9.20 Å². The van der Waals surface area contributed by atoms with Crippen molar-refractivity contribution in [2.45, 2.75) is 12.2 Å². The quantitative estimate of drug-likeness (QED) is 0.661. The first-order valence-electron chi connectivity index (χ1n) is 8.43. The molecule has 4 heterocycles. The van der Waals surface area contributed by atoms with Gasteiger partial charge in [0, 0.05) is 31.9 Å². The number of fused-ring (bicyclic) bond motifs is 1. The number of nitrogens with one attached hydrogen (secondary N) is 3. The molecule has 2 unspecified atom stereocenters. The lowest BCUT2D eigenvalue weighted by atomic mass is 10.2. The molecule has 1 saturated heterocycles. The molecule has 1 fully saturated rings. The second kappa shape index (κ2) is 6.72. The number of hydrogen-bond donors (Lipinski definition) is 3. The molecule has 4 rings (SSSR count). The topological polar surface area (TPSA) is 83.4 Å². The van der Waals surface area contributed by atoms with Gasteiger partial charge in [-0.15, -0.1) is 0 Å². The first-order chi connectivity index (χ1) is 12.7. The van der Waals surface area contributed by atoms with Crippen molar-refractivity contribution in [3.63, 3.8) is 0 Å². The third-order valence-electron chi connectivity index (χ3n) is 4.49. The van der Waals surface area contributed by atoms with E-state index in [9.17, 15) is 9.18 Å². The van der Waals surface area contributed by atoms with Crippen LogP contribution in [-0.4, -0.2) is 52.6 Å². The highest BCUT2D eigenvalue weighted by atomic mass is 19.1. The summed E-state index contributed by atoms with van der Waals surface area (Å²) in [5.74, 6) is 0.461. The fourth-order valence-electron chi connectivity index (χ4n) is 3.09. The second-order valence-corrected chi connectivity index (χ2v) is 6.20. The number of imidazole rings is 1. The predicted molar refractivity (Wildman–Crippen MR) is 97.0 cm³/mol. The Balaban J connectivity index is 1.65. The summed E-state index contributed by atoms with van der Waals surface area (Å²) in [6, 6.07) is 8.75. The van der Waals surface area contributed by atoms with Gasteiger partial charge in [0.15, 0.2) is 0 Å². The van der Waals surface area contributed by atoms with Crippen LogP contribution < -0.4 is 16.0 Å². The Hall–Kier alpha value is -3.00. The number of pyridine rings is 2. The molecule has 0 spiro atoms. The van der Waals surface area contributed by atoms with E-state index >= 15 is 0 Å². The average Bonchev–Trinajstić information content (AvgIpc) is 3.27. The summed E-state index contributed by atoms with van der Waals surface area (Å²) in [4.78, 5) is 20.7. The van der Waals surface area contributed by atoms with Crippen LogP contribution >= 0.6 is 0 Å². The summed E-state index contributed by atoms with van der Waals surface area (Å²) in [7, 11) is 1.59. The van der Waals surface area contributed by atoms with Crippen molar-refractivity contribution < 1.29 is 9.18 Å². The molecule has 26 heavy (non-hydrogen) atoms. The van der Waals surface area contributed by atoms with Gasteiger partial charge in [0.25, 0.3) is 5.91 Å². The molecule has 1 amide bonds. The normalized spacial score (nSPS) is 19.6. The van der Waals surface area contributed by atoms with Crippen molar-refractivity contribution in [1.29, 1.82) is 0 Å². The van der Waals surface area contributed by atoms with Crippen molar-refractivity contribution in [3.8, 4) is 11.4 Å². The molecule has 2 atom stereocenters. The third-order valence-corrected chi connectivity index (χ3v) is 4.49. The molecule has 0 bridgehead atoms. The number of rotatable bonds is 4. The highest BCUT2D eigenvalue weighted by Gasteiger charge is 2.26. The minimum atomic E-state index is -0.931. The van der Waals surface area contributed by atoms with Crippen LogP contribution in [0.5, 0.6) is 0 Å². The number of alkyl halides is 1. The van der Waals surface area contributed by atoms with Gasteiger partial charge < -0.3 is 16.0 Å². The highest BCUT2D eigenvalue weighted by molar-refractivity contribution is 5.94. The monoisotopic (exact) mass is 354 g/mol. The maximum Gasteiger partial charge on any atom is 0.251 e. The van der Waals surface area contributed by atoms with Crippen LogP contribution in [0.1, 0.15) is 10.4 Å². The van der Waals surface area contributed by atoms with Crippen molar-refractivity contribution >= 4 is 17.4 Å². The number of halogens is 1. The Morgan fingerprint density at radius 2 is 2.23 bits per heavy atom. The van der Waals surface area contributed by atoms with E-state index in [0.29, 0.717) is 30.1 Å². The zero-order valence-corrected chi connectivity index (χ0v) is 14.2. The Labute approximate surface area is 149 Å². The Kier molecular flexibility index (Phi) is 4.26. The fourth-order valence-corrected chi connectivity index (χ4v) is 3.09. The van der Waals surface area contributed by atoms with E-state index in [2.05, 4.69) is 25.9 Å². The molecule has 3 aromatic heterocycles. The lowest BCUT2D eigenvalue weighted by Gasteiger charge is -2.15. The molecule has 0 saturated carbocycles. The molecule has 3 N–H and O–H groups in total. The third kappa shape index (κ3) is 2.99. The average molecular weight is 354 g/mol. The number of hydrogen-bond acceptors (Lipinski definition) is 5. The minimum absolute atomic E-state index is 0.160. The zero-order valence-electron chi connectivity index (χ0n) is 14.2. The van der Waals surface area contributed by atoms with E-state index in [1.807, 2.05) is 22.6 Å². The van der Waals surface area contributed by atoms with Crippen molar-refractivity contribution in [2.75, 3.05) is 25.5 Å². The second-order valence-electron chi connectivity index (χ2n) is 6.20. The summed E-state index contributed by atoms with van der Waals surface area (Å²) in [6.45, 7) is 0.934. The van der Waals surface area contributed by atoms with Crippen LogP contribution in [0.15, 0.2) is 42.7 Å². The van der Waals surface area contributed by atoms with E-state index in [4.69, 9.17) is 0 Å². The number of carbonyl (C=O) groups is 1. The number of anilines is 1. The van der Waals surface area contributed by atoms with Crippen molar-refractivity contribution in [3.05, 3.63) is 48.3 Å². The highest BCUT2D eigenvalue weighted by Crippen LogP contribution is 2.22. The Morgan fingerprint density at radius 3 is 3.00 bits per heavy atom. The first-order valence-corrected chi connectivity index (χ1v) is 8.43. The van der Waals surface area contributed by atoms with Gasteiger partial charge in [-0.2, -0.15) is 0 Å². The summed E-state index contributed by atoms with van der Waals surface area (Å²) in [5.41, 5.74) is 2.72. The standard InChI is InChI=1S/C18H19FN6O/c1-20-18(26)11-5-6-25-15(10-22-17(25)7-11)13-3-2-4-16(23-13)24-14-9-21-8-12(14)19/h2-7,10,12,14,21H,8-9H2,1H3,(H,20,26)(H,23,24). The van der Waals surface area contributed by atoms with Crippen LogP contribution in [0.2, 0.25) is 0 Å². The number of aromatic nitrogens is 3. The van der Waals surface area contributed by atoms with Gasteiger partial charge in [-0.25, -0.2) is 14.4 Å². The molecule has 0 aliphatic carbocycles. The van der Waals surface area contributed by atoms with Gasteiger partial charge in [0.05, 0.1) is 23.6 Å². The van der Waals surface area contributed by atoms with Gasteiger partial charge >= 0.3 is 0 Å². The summed E-state index contributed by atoms with van der Waals surface area (Å²) in [6.07, 6.45) is 2.58. The van der Waals surface area contributed by atoms with Crippen LogP contribution in [0.4, 0.5) is 10.2 Å². The molecule has 0 radical (unpaired) electrons. The van der Waals surface area contributed by atoms with E-state index < -0.39 is 6.17 Å². The van der Waals surface area contributed by atoms with Gasteiger partial charge in [-0.05, 0) is 24.3 Å². The first kappa shape index (κ1) is 16.5. The molecule has 1 aliphatic rings. The predicted octanol–water partition coefficient (Wildman–Crippen LogP) is 1.48. The van der Waals surface area contributed by atoms with E-state index in [1.165, 1.54) is 0 Å². The molecular weight excluding hydrogens is 335 g/mol. The molecular formula is C18H19FN6O. The summed E-state index contributed by atoms with van der Waals surface area (Å²) in [5, 5.41) is 8.75. The lowest BCUT2D eigenvalue weighted by Crippen LogP contribution is -2.29. The molecule has 7 nitrogen and oxygen atoms in total. The van der Waals surface area contributed by atoms with Gasteiger partial charge in [-0.1, -0.05) is 6.07 Å². The van der Waals surface area contributed by atoms with E-state index in [0.717, 1.165) is 11.4 Å². The lowest BCUT2D eigenvalue weighted by molar-refractivity contribution is 0.0963.